The highest BCUT2D eigenvalue weighted by Gasteiger charge is 2.09. The zero-order valence-electron chi connectivity index (χ0n) is 18.8. The number of ether oxygens (including phenoxy) is 1. The third-order valence-electron chi connectivity index (χ3n) is 5.30. The maximum absolute atomic E-state index is 12.6. The summed E-state index contributed by atoms with van der Waals surface area (Å²) in [4.78, 5) is 17.3. The third-order valence-corrected chi connectivity index (χ3v) is 6.06. The van der Waals surface area contributed by atoms with Gasteiger partial charge in [0, 0.05) is 33.9 Å². The highest BCUT2D eigenvalue weighted by Crippen LogP contribution is 2.29. The summed E-state index contributed by atoms with van der Waals surface area (Å²) < 4.78 is 5.27. The number of carbonyl (C=O) groups is 1. The molecular formula is C27H27N3O2S. The molecular weight excluding hydrogens is 430 g/mol. The Labute approximate surface area is 198 Å². The number of methoxy groups -OCH3 is 1. The minimum Gasteiger partial charge on any atom is -0.497 e. The lowest BCUT2D eigenvalue weighted by molar-refractivity contribution is 0.102. The first-order chi connectivity index (χ1) is 16.1. The van der Waals surface area contributed by atoms with E-state index in [1.165, 1.54) is 23.3 Å². The molecule has 6 heteroatoms. The average Bonchev–Trinajstić information content (AvgIpc) is 3.32. The second kappa shape index (κ2) is 10.8. The summed E-state index contributed by atoms with van der Waals surface area (Å²) in [5.74, 6) is 0.685. The largest absolute Gasteiger partial charge is 0.497 e. The highest BCUT2D eigenvalue weighted by atomic mass is 32.1. The van der Waals surface area contributed by atoms with Crippen LogP contribution in [-0.4, -0.2) is 18.0 Å². The van der Waals surface area contributed by atoms with Gasteiger partial charge < -0.3 is 15.4 Å². The standard InChI is InChI=1S/C27H27N3O2S/c1-3-4-6-19-9-11-21(12-10-19)26(31)28-22-15-13-20(14-16-22)25-18-33-27(30-25)29-23-7-5-8-24(17-23)32-2/h5,7-18H,3-4,6H2,1-2H3,(H,28,31)(H,29,30). The van der Waals surface area contributed by atoms with E-state index in [4.69, 9.17) is 4.74 Å². The fraction of sp³-hybridized carbons (Fsp3) is 0.185. The SMILES string of the molecule is CCCCc1ccc(C(=O)Nc2ccc(-c3csc(Nc4cccc(OC)c4)n3)cc2)cc1. The van der Waals surface area contributed by atoms with Crippen LogP contribution in [0.1, 0.15) is 35.7 Å². The first-order valence-corrected chi connectivity index (χ1v) is 11.9. The number of nitrogens with one attached hydrogen (secondary N) is 2. The number of benzene rings is 3. The number of nitrogens with zero attached hydrogens (tertiary/aromatic N) is 1. The minimum atomic E-state index is -0.108. The van der Waals surface area contributed by atoms with Crippen molar-refractivity contribution in [1.82, 2.24) is 4.98 Å². The maximum Gasteiger partial charge on any atom is 0.255 e. The zero-order chi connectivity index (χ0) is 23.0. The lowest BCUT2D eigenvalue weighted by Crippen LogP contribution is -2.11. The van der Waals surface area contributed by atoms with Gasteiger partial charge in [0.2, 0.25) is 0 Å². The van der Waals surface area contributed by atoms with Gasteiger partial charge in [0.15, 0.2) is 5.13 Å². The summed E-state index contributed by atoms with van der Waals surface area (Å²) in [6.07, 6.45) is 3.38. The van der Waals surface area contributed by atoms with Crippen molar-refractivity contribution in [1.29, 1.82) is 0 Å². The summed E-state index contributed by atoms with van der Waals surface area (Å²) in [7, 11) is 1.65. The van der Waals surface area contributed by atoms with Crippen LogP contribution < -0.4 is 15.4 Å². The van der Waals surface area contributed by atoms with Crippen molar-refractivity contribution in [3.8, 4) is 17.0 Å². The van der Waals surface area contributed by atoms with Crippen LogP contribution in [0.25, 0.3) is 11.3 Å². The van der Waals surface area contributed by atoms with E-state index in [0.717, 1.165) is 46.4 Å². The monoisotopic (exact) mass is 457 g/mol. The van der Waals surface area contributed by atoms with E-state index in [2.05, 4.69) is 22.5 Å². The van der Waals surface area contributed by atoms with E-state index in [1.807, 2.05) is 78.2 Å². The van der Waals surface area contributed by atoms with Crippen LogP contribution in [0.2, 0.25) is 0 Å². The van der Waals surface area contributed by atoms with E-state index in [0.29, 0.717) is 5.56 Å². The van der Waals surface area contributed by atoms with Crippen LogP contribution in [0.15, 0.2) is 78.2 Å². The Balaban J connectivity index is 1.37. The van der Waals surface area contributed by atoms with Gasteiger partial charge in [-0.05, 0) is 54.8 Å². The molecule has 1 aromatic heterocycles. The molecule has 0 aliphatic rings. The van der Waals surface area contributed by atoms with Crippen LogP contribution in [0.3, 0.4) is 0 Å². The second-order valence-electron chi connectivity index (χ2n) is 7.73. The molecule has 4 aromatic rings. The Morgan fingerprint density at radius 3 is 2.52 bits per heavy atom. The van der Waals surface area contributed by atoms with Crippen molar-refractivity contribution < 1.29 is 9.53 Å². The van der Waals surface area contributed by atoms with Gasteiger partial charge in [0.25, 0.3) is 5.91 Å². The third kappa shape index (κ3) is 5.99. The van der Waals surface area contributed by atoms with E-state index in [-0.39, 0.29) is 5.91 Å². The quantitative estimate of drug-likeness (QED) is 0.280. The summed E-state index contributed by atoms with van der Waals surface area (Å²) in [6.45, 7) is 2.18. The molecule has 1 amide bonds. The van der Waals surface area contributed by atoms with Crippen LogP contribution in [0.5, 0.6) is 5.75 Å². The Kier molecular flexibility index (Phi) is 7.37. The molecule has 0 unspecified atom stereocenters. The Morgan fingerprint density at radius 2 is 1.79 bits per heavy atom. The first kappa shape index (κ1) is 22.6. The van der Waals surface area contributed by atoms with Gasteiger partial charge in [-0.2, -0.15) is 0 Å². The summed E-state index contributed by atoms with van der Waals surface area (Å²) in [5.41, 5.74) is 5.47. The molecule has 0 saturated heterocycles. The summed E-state index contributed by atoms with van der Waals surface area (Å²) in [6, 6.07) is 23.3. The number of amides is 1. The molecule has 0 radical (unpaired) electrons. The predicted molar refractivity (Wildman–Crippen MR) is 137 cm³/mol. The highest BCUT2D eigenvalue weighted by molar-refractivity contribution is 7.14. The van der Waals surface area contributed by atoms with Gasteiger partial charge in [-0.3, -0.25) is 4.79 Å². The number of aryl methyl sites for hydroxylation is 1. The molecule has 4 rings (SSSR count). The van der Waals surface area contributed by atoms with E-state index >= 15 is 0 Å². The fourth-order valence-electron chi connectivity index (χ4n) is 3.42. The average molecular weight is 458 g/mol. The number of thiazole rings is 1. The Hall–Kier alpha value is -3.64. The first-order valence-electron chi connectivity index (χ1n) is 11.0. The number of rotatable bonds is 9. The van der Waals surface area contributed by atoms with E-state index < -0.39 is 0 Å². The van der Waals surface area contributed by atoms with Gasteiger partial charge in [-0.1, -0.05) is 43.7 Å². The molecule has 0 fully saturated rings. The molecule has 0 atom stereocenters. The molecule has 1 heterocycles. The van der Waals surface area contributed by atoms with E-state index in [9.17, 15) is 4.79 Å². The normalized spacial score (nSPS) is 10.6. The fourth-order valence-corrected chi connectivity index (χ4v) is 4.16. The van der Waals surface area contributed by atoms with Gasteiger partial charge in [0.05, 0.1) is 12.8 Å². The molecule has 33 heavy (non-hydrogen) atoms. The smallest absolute Gasteiger partial charge is 0.255 e. The summed E-state index contributed by atoms with van der Waals surface area (Å²) >= 11 is 1.54. The number of anilines is 3. The lowest BCUT2D eigenvalue weighted by atomic mass is 10.1. The van der Waals surface area contributed by atoms with Crippen LogP contribution in [0.4, 0.5) is 16.5 Å². The van der Waals surface area contributed by atoms with Crippen molar-refractivity contribution in [2.45, 2.75) is 26.2 Å². The molecule has 5 nitrogen and oxygen atoms in total. The van der Waals surface area contributed by atoms with Crippen LogP contribution >= 0.6 is 11.3 Å². The Morgan fingerprint density at radius 1 is 1.00 bits per heavy atom. The van der Waals surface area contributed by atoms with Crippen molar-refractivity contribution in [2.24, 2.45) is 0 Å². The van der Waals surface area contributed by atoms with Crippen molar-refractivity contribution >= 4 is 33.8 Å². The van der Waals surface area contributed by atoms with Gasteiger partial charge in [-0.25, -0.2) is 4.98 Å². The number of hydrogen-bond acceptors (Lipinski definition) is 5. The maximum atomic E-state index is 12.6. The summed E-state index contributed by atoms with van der Waals surface area (Å²) in [5, 5.41) is 9.09. The molecule has 168 valence electrons. The van der Waals surface area contributed by atoms with E-state index in [1.54, 1.807) is 7.11 Å². The van der Waals surface area contributed by atoms with Gasteiger partial charge in [-0.15, -0.1) is 11.3 Å². The molecule has 0 saturated carbocycles. The van der Waals surface area contributed by atoms with Gasteiger partial charge in [0.1, 0.15) is 5.75 Å². The lowest BCUT2D eigenvalue weighted by Gasteiger charge is -2.07. The zero-order valence-corrected chi connectivity index (χ0v) is 19.6. The molecule has 3 aromatic carbocycles. The van der Waals surface area contributed by atoms with Crippen molar-refractivity contribution in [3.05, 3.63) is 89.3 Å². The molecule has 0 aliphatic carbocycles. The number of carbonyl (C=O) groups excluding carboxylic acids is 1. The van der Waals surface area contributed by atoms with Crippen molar-refractivity contribution in [3.63, 3.8) is 0 Å². The van der Waals surface area contributed by atoms with Gasteiger partial charge >= 0.3 is 0 Å². The molecule has 0 bridgehead atoms. The van der Waals surface area contributed by atoms with Crippen LogP contribution in [-0.2, 0) is 6.42 Å². The van der Waals surface area contributed by atoms with Crippen molar-refractivity contribution in [2.75, 3.05) is 17.7 Å². The Bertz CT molecular complexity index is 1200. The molecule has 0 aliphatic heterocycles. The number of aromatic nitrogens is 1. The molecule has 0 spiro atoms. The topological polar surface area (TPSA) is 63.2 Å². The molecule has 2 N–H and O–H groups in total. The number of hydrogen-bond donors (Lipinski definition) is 2. The second-order valence-corrected chi connectivity index (χ2v) is 8.58. The number of unbranched alkanes of at least 4 members (excludes halogenated alkanes) is 1. The minimum absolute atomic E-state index is 0.108. The van der Waals surface area contributed by atoms with Crippen LogP contribution in [0, 0.1) is 0 Å². The predicted octanol–water partition coefficient (Wildman–Crippen LogP) is 7.16.